The lowest BCUT2D eigenvalue weighted by Crippen LogP contribution is -2.17. The molecule has 9 heteroatoms. The molecule has 17 heavy (non-hydrogen) atoms. The van der Waals surface area contributed by atoms with Crippen molar-refractivity contribution in [3.63, 3.8) is 0 Å². The van der Waals surface area contributed by atoms with Crippen LogP contribution in [0.25, 0.3) is 0 Å². The van der Waals surface area contributed by atoms with Gasteiger partial charge in [-0.3, -0.25) is 0 Å². The van der Waals surface area contributed by atoms with Crippen LogP contribution < -0.4 is 5.32 Å². The van der Waals surface area contributed by atoms with Gasteiger partial charge in [-0.25, -0.2) is 9.97 Å². The van der Waals surface area contributed by atoms with E-state index in [1.165, 1.54) is 0 Å². The first-order valence-corrected chi connectivity index (χ1v) is 4.39. The molecule has 0 unspecified atom stereocenters. The van der Waals surface area contributed by atoms with Gasteiger partial charge < -0.3 is 5.32 Å². The van der Waals surface area contributed by atoms with E-state index in [0.717, 1.165) is 6.20 Å². The molecule has 96 valence electrons. The van der Waals surface area contributed by atoms with Gasteiger partial charge in [0.2, 0.25) is 5.95 Å². The Hall–Kier alpha value is -1.54. The second-order valence-electron chi connectivity index (χ2n) is 3.06. The molecule has 1 aromatic heterocycles. The number of anilines is 1. The molecule has 0 aliphatic rings. The monoisotopic (exact) mass is 259 g/mol. The van der Waals surface area contributed by atoms with Crippen LogP contribution in [0.3, 0.4) is 0 Å². The number of hydrogen-bond donors (Lipinski definition) is 1. The van der Waals surface area contributed by atoms with E-state index in [9.17, 15) is 26.3 Å². The minimum absolute atomic E-state index is 0.482. The lowest BCUT2D eigenvalue weighted by Gasteiger charge is -2.09. The lowest BCUT2D eigenvalue weighted by atomic mass is 10.4. The number of nitrogens with one attached hydrogen (secondary N) is 1. The summed E-state index contributed by atoms with van der Waals surface area (Å²) in [6.07, 6.45) is -9.38. The maximum atomic E-state index is 12.2. The molecule has 0 aromatic carbocycles. The van der Waals surface area contributed by atoms with Gasteiger partial charge in [0.25, 0.3) is 0 Å². The fraction of sp³-hybridized carbons (Fsp3) is 0.500. The summed E-state index contributed by atoms with van der Waals surface area (Å²) in [4.78, 5) is 6.43. The van der Waals surface area contributed by atoms with Crippen LogP contribution in [0.4, 0.5) is 32.3 Å². The van der Waals surface area contributed by atoms with E-state index in [1.807, 2.05) is 0 Å². The summed E-state index contributed by atoms with van der Waals surface area (Å²) in [5, 5.41) is 2.07. The standard InChI is InChI=1S/C8H7F6N3/c9-7(10,11)2-4-16-6-15-3-1-5(17-6)8(12,13)14/h1,3H,2,4H2,(H,15,16,17). The van der Waals surface area contributed by atoms with E-state index < -0.39 is 37.0 Å². The molecule has 0 aliphatic carbocycles. The zero-order chi connectivity index (χ0) is 13.1. The first-order valence-electron chi connectivity index (χ1n) is 4.39. The van der Waals surface area contributed by atoms with Crippen LogP contribution in [-0.2, 0) is 6.18 Å². The molecule has 0 radical (unpaired) electrons. The van der Waals surface area contributed by atoms with Crippen molar-refractivity contribution in [3.05, 3.63) is 18.0 Å². The van der Waals surface area contributed by atoms with Crippen LogP contribution in [0.2, 0.25) is 0 Å². The first-order chi connectivity index (χ1) is 7.68. The van der Waals surface area contributed by atoms with Gasteiger partial charge >= 0.3 is 12.4 Å². The van der Waals surface area contributed by atoms with E-state index in [1.54, 1.807) is 0 Å². The van der Waals surface area contributed by atoms with Crippen molar-refractivity contribution in [2.75, 3.05) is 11.9 Å². The van der Waals surface area contributed by atoms with Gasteiger partial charge in [-0.2, -0.15) is 26.3 Å². The normalized spacial score (nSPS) is 12.6. The Balaban J connectivity index is 2.61. The number of hydrogen-bond acceptors (Lipinski definition) is 3. The topological polar surface area (TPSA) is 37.8 Å². The fourth-order valence-electron chi connectivity index (χ4n) is 0.918. The number of rotatable bonds is 3. The Morgan fingerprint density at radius 1 is 1.12 bits per heavy atom. The molecular weight excluding hydrogens is 252 g/mol. The summed E-state index contributed by atoms with van der Waals surface area (Å²) < 4.78 is 71.8. The van der Waals surface area contributed by atoms with E-state index in [0.29, 0.717) is 6.07 Å². The van der Waals surface area contributed by atoms with Gasteiger partial charge in [-0.05, 0) is 6.07 Å². The average molecular weight is 259 g/mol. The van der Waals surface area contributed by atoms with Gasteiger partial charge in [-0.1, -0.05) is 0 Å². The zero-order valence-electron chi connectivity index (χ0n) is 8.23. The van der Waals surface area contributed by atoms with Gasteiger partial charge in [0.05, 0.1) is 6.42 Å². The molecule has 0 atom stereocenters. The minimum atomic E-state index is -4.65. The predicted molar refractivity (Wildman–Crippen MR) is 46.2 cm³/mol. The molecule has 3 nitrogen and oxygen atoms in total. The maximum Gasteiger partial charge on any atom is 0.433 e. The largest absolute Gasteiger partial charge is 0.433 e. The number of nitrogens with zero attached hydrogens (tertiary/aromatic N) is 2. The summed E-state index contributed by atoms with van der Waals surface area (Å²) in [7, 11) is 0. The molecule has 0 saturated carbocycles. The summed E-state index contributed by atoms with van der Waals surface area (Å²) >= 11 is 0. The Labute approximate surface area is 91.9 Å². The molecule has 0 fully saturated rings. The van der Waals surface area contributed by atoms with Crippen LogP contribution in [0.5, 0.6) is 0 Å². The molecule has 1 aromatic rings. The van der Waals surface area contributed by atoms with Gasteiger partial charge in [-0.15, -0.1) is 0 Å². The molecular formula is C8H7F6N3. The minimum Gasteiger partial charge on any atom is -0.354 e. The predicted octanol–water partition coefficient (Wildman–Crippen LogP) is 2.86. The van der Waals surface area contributed by atoms with Crippen LogP contribution in [0.15, 0.2) is 12.3 Å². The summed E-state index contributed by atoms with van der Waals surface area (Å²) in [6.45, 7) is -0.579. The molecule has 0 spiro atoms. The Morgan fingerprint density at radius 2 is 1.76 bits per heavy atom. The Kier molecular flexibility index (Phi) is 3.79. The molecule has 1 N–H and O–H groups in total. The second kappa shape index (κ2) is 4.76. The van der Waals surface area contributed by atoms with E-state index >= 15 is 0 Å². The third-order valence-corrected chi connectivity index (χ3v) is 1.64. The summed E-state index contributed by atoms with van der Waals surface area (Å²) in [5.41, 5.74) is -1.21. The second-order valence-corrected chi connectivity index (χ2v) is 3.06. The first kappa shape index (κ1) is 13.5. The highest BCUT2D eigenvalue weighted by Crippen LogP contribution is 2.27. The SMILES string of the molecule is FC(F)(F)CCNc1nccc(C(F)(F)F)n1. The highest BCUT2D eigenvalue weighted by atomic mass is 19.4. The van der Waals surface area contributed by atoms with Gasteiger partial charge in [0, 0.05) is 12.7 Å². The number of aromatic nitrogens is 2. The molecule has 0 bridgehead atoms. The zero-order valence-corrected chi connectivity index (χ0v) is 8.23. The molecule has 0 aliphatic heterocycles. The maximum absolute atomic E-state index is 12.2. The average Bonchev–Trinajstić information content (AvgIpc) is 2.15. The molecule has 0 amide bonds. The van der Waals surface area contributed by atoms with Crippen molar-refractivity contribution in [1.82, 2.24) is 9.97 Å². The van der Waals surface area contributed by atoms with Crippen molar-refractivity contribution >= 4 is 5.95 Å². The molecule has 1 heterocycles. The fourth-order valence-corrected chi connectivity index (χ4v) is 0.918. The van der Waals surface area contributed by atoms with Crippen LogP contribution >= 0.6 is 0 Å². The third-order valence-electron chi connectivity index (χ3n) is 1.64. The third kappa shape index (κ3) is 4.87. The Bertz CT molecular complexity index is 372. The molecule has 0 saturated heterocycles. The number of halogens is 6. The van der Waals surface area contributed by atoms with E-state index in [2.05, 4.69) is 15.3 Å². The summed E-state index contributed by atoms with van der Waals surface area (Å²) in [5.74, 6) is -0.482. The van der Waals surface area contributed by atoms with Crippen LogP contribution in [-0.4, -0.2) is 22.7 Å². The van der Waals surface area contributed by atoms with Crippen molar-refractivity contribution < 1.29 is 26.3 Å². The summed E-state index contributed by atoms with van der Waals surface area (Å²) in [6, 6.07) is 0.634. The van der Waals surface area contributed by atoms with E-state index in [4.69, 9.17) is 0 Å². The van der Waals surface area contributed by atoms with Gasteiger partial charge in [0.15, 0.2) is 0 Å². The quantitative estimate of drug-likeness (QED) is 0.848. The lowest BCUT2D eigenvalue weighted by molar-refractivity contribution is -0.141. The highest BCUT2D eigenvalue weighted by Gasteiger charge is 2.33. The molecule has 1 rings (SSSR count). The Morgan fingerprint density at radius 3 is 2.29 bits per heavy atom. The van der Waals surface area contributed by atoms with Crippen molar-refractivity contribution in [2.45, 2.75) is 18.8 Å². The van der Waals surface area contributed by atoms with Gasteiger partial charge in [0.1, 0.15) is 5.69 Å². The van der Waals surface area contributed by atoms with Crippen LogP contribution in [0, 0.1) is 0 Å². The highest BCUT2D eigenvalue weighted by molar-refractivity contribution is 5.25. The van der Waals surface area contributed by atoms with Crippen molar-refractivity contribution in [3.8, 4) is 0 Å². The van der Waals surface area contributed by atoms with Crippen LogP contribution in [0.1, 0.15) is 12.1 Å². The van der Waals surface area contributed by atoms with Crippen molar-refractivity contribution in [2.24, 2.45) is 0 Å². The van der Waals surface area contributed by atoms with Crippen molar-refractivity contribution in [1.29, 1.82) is 0 Å². The van der Waals surface area contributed by atoms with E-state index in [-0.39, 0.29) is 0 Å². The number of alkyl halides is 6. The smallest absolute Gasteiger partial charge is 0.354 e.